The van der Waals surface area contributed by atoms with E-state index in [0.29, 0.717) is 5.92 Å². The van der Waals surface area contributed by atoms with Crippen molar-refractivity contribution in [2.24, 2.45) is 5.92 Å². The summed E-state index contributed by atoms with van der Waals surface area (Å²) in [6.45, 7) is 6.96. The molecule has 0 radical (unpaired) electrons. The van der Waals surface area contributed by atoms with E-state index in [1.165, 1.54) is 5.69 Å². The summed E-state index contributed by atoms with van der Waals surface area (Å²) in [5.41, 5.74) is 3.11. The van der Waals surface area contributed by atoms with Crippen molar-refractivity contribution in [3.05, 3.63) is 53.9 Å². The monoisotopic (exact) mass is 369 g/mol. The zero-order valence-electron chi connectivity index (χ0n) is 15.6. The summed E-state index contributed by atoms with van der Waals surface area (Å²) < 4.78 is 0. The first-order valence-corrected chi connectivity index (χ1v) is 10.3. The van der Waals surface area contributed by atoms with E-state index in [9.17, 15) is 4.79 Å². The molecular formula is C21H27N3OS. The highest BCUT2D eigenvalue weighted by Gasteiger charge is 2.21. The van der Waals surface area contributed by atoms with Crippen LogP contribution in [-0.2, 0) is 0 Å². The van der Waals surface area contributed by atoms with Crippen LogP contribution in [0.2, 0.25) is 0 Å². The molecule has 1 aliphatic rings. The number of aryl methyl sites for hydroxylation is 1. The molecule has 1 saturated heterocycles. The van der Waals surface area contributed by atoms with Crippen molar-refractivity contribution in [1.82, 2.24) is 10.3 Å². The molecule has 2 aromatic rings. The average molecular weight is 370 g/mol. The number of carbonyl (C=O) groups is 1. The van der Waals surface area contributed by atoms with Crippen molar-refractivity contribution in [1.29, 1.82) is 0 Å². The normalized spacial score (nSPS) is 15.1. The van der Waals surface area contributed by atoms with Gasteiger partial charge >= 0.3 is 0 Å². The molecule has 138 valence electrons. The summed E-state index contributed by atoms with van der Waals surface area (Å²) in [7, 11) is 0. The summed E-state index contributed by atoms with van der Waals surface area (Å²) in [5.74, 6) is 1.56. The highest BCUT2D eigenvalue weighted by atomic mass is 32.2. The maximum Gasteiger partial charge on any atom is 0.252 e. The molecule has 1 amide bonds. The number of hydrogen-bond acceptors (Lipinski definition) is 4. The van der Waals surface area contributed by atoms with Crippen LogP contribution in [-0.4, -0.2) is 36.3 Å². The average Bonchev–Trinajstić information content (AvgIpc) is 2.67. The van der Waals surface area contributed by atoms with E-state index in [2.05, 4.69) is 34.3 Å². The molecule has 0 aliphatic carbocycles. The first-order valence-electron chi connectivity index (χ1n) is 9.35. The van der Waals surface area contributed by atoms with Gasteiger partial charge in [-0.15, -0.1) is 11.8 Å². The lowest BCUT2D eigenvalue weighted by Gasteiger charge is -2.33. The Labute approximate surface area is 160 Å². The number of piperidine rings is 1. The molecule has 0 atom stereocenters. The Morgan fingerprint density at radius 3 is 2.77 bits per heavy atom. The second-order valence-corrected chi connectivity index (χ2v) is 8.03. The van der Waals surface area contributed by atoms with Crippen molar-refractivity contribution in [3.63, 3.8) is 0 Å². The quantitative estimate of drug-likeness (QED) is 0.777. The van der Waals surface area contributed by atoms with Gasteiger partial charge in [0.25, 0.3) is 5.91 Å². The number of pyridine rings is 1. The number of benzene rings is 1. The lowest BCUT2D eigenvalue weighted by Crippen LogP contribution is -2.38. The minimum absolute atomic E-state index is 0.0498. The van der Waals surface area contributed by atoms with Gasteiger partial charge < -0.3 is 10.2 Å². The number of hydrogen-bond donors (Lipinski definition) is 1. The van der Waals surface area contributed by atoms with Crippen molar-refractivity contribution in [2.45, 2.75) is 31.6 Å². The lowest BCUT2D eigenvalue weighted by atomic mass is 9.96. The van der Waals surface area contributed by atoms with Gasteiger partial charge in [-0.05, 0) is 55.7 Å². The van der Waals surface area contributed by atoms with Crippen LogP contribution in [0.5, 0.6) is 0 Å². The van der Waals surface area contributed by atoms with Crippen LogP contribution in [0.4, 0.5) is 5.69 Å². The van der Waals surface area contributed by atoms with E-state index in [0.717, 1.165) is 54.4 Å². The standard InChI is InChI=1S/C21H27N3OS/c1-3-26-20-7-5-4-6-19(20)21(25)23-15-17-9-12-24(13-10-17)18-8-11-22-16(2)14-18/h4-8,11,14,17H,3,9-10,12-13,15H2,1-2H3,(H,23,25). The van der Waals surface area contributed by atoms with E-state index < -0.39 is 0 Å². The van der Waals surface area contributed by atoms with Gasteiger partial charge in [0.1, 0.15) is 0 Å². The molecule has 1 N–H and O–H groups in total. The molecule has 2 heterocycles. The number of carbonyl (C=O) groups excluding carboxylic acids is 1. The Kier molecular flexibility index (Phi) is 6.56. The largest absolute Gasteiger partial charge is 0.371 e. The summed E-state index contributed by atoms with van der Waals surface area (Å²) in [6.07, 6.45) is 4.09. The molecule has 0 unspecified atom stereocenters. The summed E-state index contributed by atoms with van der Waals surface area (Å²) in [6, 6.07) is 12.1. The molecule has 0 spiro atoms. The third-order valence-electron chi connectivity index (χ3n) is 4.84. The van der Waals surface area contributed by atoms with Crippen LogP contribution >= 0.6 is 11.8 Å². The zero-order chi connectivity index (χ0) is 18.4. The van der Waals surface area contributed by atoms with Gasteiger partial charge in [-0.1, -0.05) is 19.1 Å². The SMILES string of the molecule is CCSc1ccccc1C(=O)NCC1CCN(c2ccnc(C)c2)CC1. The van der Waals surface area contributed by atoms with Crippen LogP contribution in [0, 0.1) is 12.8 Å². The van der Waals surface area contributed by atoms with Gasteiger partial charge in [-0.3, -0.25) is 9.78 Å². The van der Waals surface area contributed by atoms with Gasteiger partial charge in [0.05, 0.1) is 5.56 Å². The molecule has 26 heavy (non-hydrogen) atoms. The number of nitrogens with zero attached hydrogens (tertiary/aromatic N) is 2. The minimum Gasteiger partial charge on any atom is -0.371 e. The second-order valence-electron chi connectivity index (χ2n) is 6.73. The Balaban J connectivity index is 1.50. The maximum atomic E-state index is 12.6. The maximum absolute atomic E-state index is 12.6. The number of amides is 1. The molecule has 1 aromatic carbocycles. The molecule has 0 bridgehead atoms. The van der Waals surface area contributed by atoms with E-state index in [-0.39, 0.29) is 5.91 Å². The Morgan fingerprint density at radius 1 is 1.27 bits per heavy atom. The van der Waals surface area contributed by atoms with Crippen molar-refractivity contribution < 1.29 is 4.79 Å². The molecule has 1 aliphatic heterocycles. The Hall–Kier alpha value is -2.01. The summed E-state index contributed by atoms with van der Waals surface area (Å²) in [4.78, 5) is 20.3. The highest BCUT2D eigenvalue weighted by molar-refractivity contribution is 7.99. The zero-order valence-corrected chi connectivity index (χ0v) is 16.4. The summed E-state index contributed by atoms with van der Waals surface area (Å²) >= 11 is 1.72. The van der Waals surface area contributed by atoms with Gasteiger partial charge in [0, 0.05) is 42.1 Å². The lowest BCUT2D eigenvalue weighted by molar-refractivity contribution is 0.0942. The van der Waals surface area contributed by atoms with Crippen LogP contribution in [0.3, 0.4) is 0 Å². The van der Waals surface area contributed by atoms with E-state index in [4.69, 9.17) is 0 Å². The number of aromatic nitrogens is 1. The van der Waals surface area contributed by atoms with Gasteiger partial charge in [0.2, 0.25) is 0 Å². The third kappa shape index (κ3) is 4.79. The van der Waals surface area contributed by atoms with Gasteiger partial charge in [0.15, 0.2) is 0 Å². The highest BCUT2D eigenvalue weighted by Crippen LogP contribution is 2.24. The Bertz CT molecular complexity index is 742. The topological polar surface area (TPSA) is 45.2 Å². The first-order chi connectivity index (χ1) is 12.7. The number of rotatable bonds is 6. The van der Waals surface area contributed by atoms with Gasteiger partial charge in [-0.25, -0.2) is 0 Å². The summed E-state index contributed by atoms with van der Waals surface area (Å²) in [5, 5.41) is 3.15. The van der Waals surface area contributed by atoms with E-state index in [1.54, 1.807) is 11.8 Å². The molecule has 5 heteroatoms. The fourth-order valence-corrected chi connectivity index (χ4v) is 4.19. The molecule has 3 rings (SSSR count). The van der Waals surface area contributed by atoms with Crippen LogP contribution < -0.4 is 10.2 Å². The van der Waals surface area contributed by atoms with Crippen molar-refractivity contribution >= 4 is 23.4 Å². The Morgan fingerprint density at radius 2 is 2.04 bits per heavy atom. The predicted molar refractivity (Wildman–Crippen MR) is 109 cm³/mol. The van der Waals surface area contributed by atoms with Crippen LogP contribution in [0.25, 0.3) is 0 Å². The molecule has 4 nitrogen and oxygen atoms in total. The van der Waals surface area contributed by atoms with Crippen LogP contribution in [0.1, 0.15) is 35.8 Å². The molecule has 1 aromatic heterocycles. The van der Waals surface area contributed by atoms with Crippen LogP contribution in [0.15, 0.2) is 47.5 Å². The fourth-order valence-electron chi connectivity index (χ4n) is 3.39. The number of anilines is 1. The number of thioether (sulfide) groups is 1. The first kappa shape index (κ1) is 18.8. The van der Waals surface area contributed by atoms with E-state index >= 15 is 0 Å². The van der Waals surface area contributed by atoms with Crippen molar-refractivity contribution in [2.75, 3.05) is 30.3 Å². The van der Waals surface area contributed by atoms with E-state index in [1.807, 2.05) is 37.4 Å². The smallest absolute Gasteiger partial charge is 0.252 e. The third-order valence-corrected chi connectivity index (χ3v) is 5.80. The molecular weight excluding hydrogens is 342 g/mol. The molecule has 0 saturated carbocycles. The van der Waals surface area contributed by atoms with Crippen molar-refractivity contribution in [3.8, 4) is 0 Å². The molecule has 1 fully saturated rings. The number of nitrogens with one attached hydrogen (secondary N) is 1. The van der Waals surface area contributed by atoms with Gasteiger partial charge in [-0.2, -0.15) is 0 Å². The fraction of sp³-hybridized carbons (Fsp3) is 0.429. The second kappa shape index (κ2) is 9.08. The predicted octanol–water partition coefficient (Wildman–Crippen LogP) is 4.15. The minimum atomic E-state index is 0.0498.